The van der Waals surface area contributed by atoms with Crippen molar-refractivity contribution in [3.05, 3.63) is 30.2 Å². The highest BCUT2D eigenvalue weighted by molar-refractivity contribution is 5.48. The van der Waals surface area contributed by atoms with Gasteiger partial charge in [0.2, 0.25) is 0 Å². The second kappa shape index (κ2) is 5.19. The number of aromatic nitrogens is 2. The molecule has 0 atom stereocenters. The molecule has 4 heteroatoms. The van der Waals surface area contributed by atoms with Crippen molar-refractivity contribution in [1.29, 1.82) is 0 Å². The molecular formula is C13H18N2O2. The van der Waals surface area contributed by atoms with Gasteiger partial charge in [-0.3, -0.25) is 0 Å². The number of fused-ring (bicyclic) bond motifs is 1. The Kier molecular flexibility index (Phi) is 3.64. The minimum Gasteiger partial charge on any atom is -0.489 e. The van der Waals surface area contributed by atoms with E-state index in [0.29, 0.717) is 19.1 Å². The lowest BCUT2D eigenvalue weighted by molar-refractivity contribution is 0.145. The molecule has 0 saturated carbocycles. The number of nitrogens with zero attached hydrogens (tertiary/aromatic N) is 2. The van der Waals surface area contributed by atoms with Gasteiger partial charge < -0.3 is 13.9 Å². The van der Waals surface area contributed by atoms with Crippen molar-refractivity contribution in [2.24, 2.45) is 0 Å². The van der Waals surface area contributed by atoms with Gasteiger partial charge in [-0.15, -0.1) is 0 Å². The van der Waals surface area contributed by atoms with Crippen molar-refractivity contribution < 1.29 is 9.47 Å². The number of pyridine rings is 1. The van der Waals surface area contributed by atoms with Crippen LogP contribution in [0.15, 0.2) is 24.7 Å². The Balaban J connectivity index is 2.32. The van der Waals surface area contributed by atoms with Crippen molar-refractivity contribution in [2.45, 2.75) is 19.8 Å². The molecule has 0 N–H and O–H groups in total. The number of ether oxygens (including phenoxy) is 2. The molecule has 0 fully saturated rings. The SMILES string of the molecule is COCCOc1cn2ccnc2cc1C(C)C. The number of rotatable bonds is 5. The molecule has 17 heavy (non-hydrogen) atoms. The molecule has 0 aromatic carbocycles. The van der Waals surface area contributed by atoms with Gasteiger partial charge >= 0.3 is 0 Å². The summed E-state index contributed by atoms with van der Waals surface area (Å²) in [5.74, 6) is 1.32. The smallest absolute Gasteiger partial charge is 0.139 e. The molecule has 0 spiro atoms. The van der Waals surface area contributed by atoms with Crippen LogP contribution in [0.5, 0.6) is 5.75 Å². The predicted molar refractivity (Wildman–Crippen MR) is 66.7 cm³/mol. The lowest BCUT2D eigenvalue weighted by Crippen LogP contribution is -2.07. The third kappa shape index (κ3) is 2.58. The zero-order valence-electron chi connectivity index (χ0n) is 10.5. The lowest BCUT2D eigenvalue weighted by Gasteiger charge is -2.14. The molecule has 92 valence electrons. The molecule has 2 rings (SSSR count). The van der Waals surface area contributed by atoms with Crippen LogP contribution < -0.4 is 4.74 Å². The first kappa shape index (κ1) is 11.9. The van der Waals surface area contributed by atoms with Crippen LogP contribution in [0.25, 0.3) is 5.65 Å². The van der Waals surface area contributed by atoms with Crippen molar-refractivity contribution in [3.8, 4) is 5.75 Å². The molecule has 2 aromatic heterocycles. The molecule has 0 aliphatic rings. The van der Waals surface area contributed by atoms with Gasteiger partial charge in [0.25, 0.3) is 0 Å². The minimum absolute atomic E-state index is 0.411. The number of hydrogen-bond donors (Lipinski definition) is 0. The van der Waals surface area contributed by atoms with E-state index in [1.54, 1.807) is 13.3 Å². The van der Waals surface area contributed by atoms with Gasteiger partial charge in [-0.1, -0.05) is 13.8 Å². The highest BCUT2D eigenvalue weighted by Gasteiger charge is 2.10. The Morgan fingerprint density at radius 1 is 1.35 bits per heavy atom. The first-order valence-corrected chi connectivity index (χ1v) is 5.80. The second-order valence-electron chi connectivity index (χ2n) is 4.28. The second-order valence-corrected chi connectivity index (χ2v) is 4.28. The van der Waals surface area contributed by atoms with Crippen LogP contribution in [0.3, 0.4) is 0 Å². The number of hydrogen-bond acceptors (Lipinski definition) is 3. The van der Waals surface area contributed by atoms with Crippen LogP contribution in [0.1, 0.15) is 25.3 Å². The summed E-state index contributed by atoms with van der Waals surface area (Å²) in [6.45, 7) is 5.46. The number of imidazole rings is 1. The van der Waals surface area contributed by atoms with E-state index >= 15 is 0 Å². The topological polar surface area (TPSA) is 35.8 Å². The van der Waals surface area contributed by atoms with E-state index in [4.69, 9.17) is 9.47 Å². The summed E-state index contributed by atoms with van der Waals surface area (Å²) >= 11 is 0. The molecule has 0 bridgehead atoms. The third-order valence-corrected chi connectivity index (χ3v) is 2.69. The number of methoxy groups -OCH3 is 1. The monoisotopic (exact) mass is 234 g/mol. The van der Waals surface area contributed by atoms with Gasteiger partial charge in [-0.2, -0.15) is 0 Å². The maximum absolute atomic E-state index is 5.74. The fourth-order valence-corrected chi connectivity index (χ4v) is 1.76. The molecule has 0 unspecified atom stereocenters. The van der Waals surface area contributed by atoms with Gasteiger partial charge in [0.1, 0.15) is 18.0 Å². The summed E-state index contributed by atoms with van der Waals surface area (Å²) in [5.41, 5.74) is 2.13. The quantitative estimate of drug-likeness (QED) is 0.746. The minimum atomic E-state index is 0.411. The highest BCUT2D eigenvalue weighted by atomic mass is 16.5. The van der Waals surface area contributed by atoms with Crippen LogP contribution in [0.2, 0.25) is 0 Å². The summed E-state index contributed by atoms with van der Waals surface area (Å²) in [6.07, 6.45) is 5.69. The maximum Gasteiger partial charge on any atom is 0.139 e. The van der Waals surface area contributed by atoms with Crippen molar-refractivity contribution in [2.75, 3.05) is 20.3 Å². The molecular weight excluding hydrogens is 216 g/mol. The van der Waals surface area contributed by atoms with Gasteiger partial charge in [-0.05, 0) is 12.0 Å². The normalized spacial score (nSPS) is 11.3. The average Bonchev–Trinajstić information content (AvgIpc) is 2.75. The summed E-state index contributed by atoms with van der Waals surface area (Å²) in [6, 6.07) is 2.08. The molecule has 2 heterocycles. The van der Waals surface area contributed by atoms with Gasteiger partial charge in [0.05, 0.1) is 12.8 Å². The highest BCUT2D eigenvalue weighted by Crippen LogP contribution is 2.27. The summed E-state index contributed by atoms with van der Waals surface area (Å²) in [5, 5.41) is 0. The molecule has 0 amide bonds. The molecule has 0 aliphatic heterocycles. The summed E-state index contributed by atoms with van der Waals surface area (Å²) in [7, 11) is 1.67. The van der Waals surface area contributed by atoms with Gasteiger partial charge in [0.15, 0.2) is 0 Å². The first-order chi connectivity index (χ1) is 8.22. The van der Waals surface area contributed by atoms with Crippen LogP contribution in [-0.2, 0) is 4.74 Å². The standard InChI is InChI=1S/C13H18N2O2/c1-10(2)11-8-13-14-4-5-15(13)9-12(11)17-7-6-16-3/h4-5,8-10H,6-7H2,1-3H3. The Morgan fingerprint density at radius 3 is 2.88 bits per heavy atom. The van der Waals surface area contributed by atoms with Crippen LogP contribution >= 0.6 is 0 Å². The van der Waals surface area contributed by atoms with Gasteiger partial charge in [-0.25, -0.2) is 4.98 Å². The molecule has 0 radical (unpaired) electrons. The van der Waals surface area contributed by atoms with Crippen LogP contribution in [0.4, 0.5) is 0 Å². The maximum atomic E-state index is 5.74. The van der Waals surface area contributed by atoms with E-state index in [0.717, 1.165) is 11.4 Å². The summed E-state index contributed by atoms with van der Waals surface area (Å²) in [4.78, 5) is 4.28. The van der Waals surface area contributed by atoms with E-state index in [1.807, 2.05) is 16.8 Å². The predicted octanol–water partition coefficient (Wildman–Crippen LogP) is 2.48. The average molecular weight is 234 g/mol. The Labute approximate surface area is 101 Å². The Morgan fingerprint density at radius 2 is 2.18 bits per heavy atom. The van der Waals surface area contributed by atoms with E-state index in [9.17, 15) is 0 Å². The lowest BCUT2D eigenvalue weighted by atomic mass is 10.0. The molecule has 2 aromatic rings. The van der Waals surface area contributed by atoms with Crippen LogP contribution in [0, 0.1) is 0 Å². The molecule has 0 saturated heterocycles. The fourth-order valence-electron chi connectivity index (χ4n) is 1.76. The van der Waals surface area contributed by atoms with Gasteiger partial charge in [0, 0.05) is 25.1 Å². The third-order valence-electron chi connectivity index (χ3n) is 2.69. The van der Waals surface area contributed by atoms with Crippen molar-refractivity contribution in [3.63, 3.8) is 0 Å². The van der Waals surface area contributed by atoms with Crippen molar-refractivity contribution >= 4 is 5.65 Å². The van der Waals surface area contributed by atoms with E-state index in [-0.39, 0.29) is 0 Å². The van der Waals surface area contributed by atoms with E-state index < -0.39 is 0 Å². The van der Waals surface area contributed by atoms with E-state index in [1.165, 1.54) is 5.56 Å². The Hall–Kier alpha value is -1.55. The first-order valence-electron chi connectivity index (χ1n) is 5.80. The van der Waals surface area contributed by atoms with E-state index in [2.05, 4.69) is 24.9 Å². The zero-order chi connectivity index (χ0) is 12.3. The zero-order valence-corrected chi connectivity index (χ0v) is 10.5. The molecule has 4 nitrogen and oxygen atoms in total. The molecule has 0 aliphatic carbocycles. The van der Waals surface area contributed by atoms with Crippen molar-refractivity contribution in [1.82, 2.24) is 9.38 Å². The van der Waals surface area contributed by atoms with Crippen LogP contribution in [-0.4, -0.2) is 29.7 Å². The fraction of sp³-hybridized carbons (Fsp3) is 0.462. The Bertz CT molecular complexity index is 491. The largest absolute Gasteiger partial charge is 0.489 e. The summed E-state index contributed by atoms with van der Waals surface area (Å²) < 4.78 is 12.7.